The summed E-state index contributed by atoms with van der Waals surface area (Å²) in [5, 5.41) is 2.92. The number of likely N-dealkylation sites (tertiary alicyclic amines) is 1. The van der Waals surface area contributed by atoms with Crippen LogP contribution in [0.5, 0.6) is 0 Å². The van der Waals surface area contributed by atoms with Crippen LogP contribution in [-0.2, 0) is 9.59 Å². The molecule has 1 unspecified atom stereocenters. The molecule has 0 bridgehead atoms. The monoisotopic (exact) mass is 290 g/mol. The van der Waals surface area contributed by atoms with Crippen LogP contribution in [0.25, 0.3) is 0 Å². The molecule has 0 aromatic heterocycles. The maximum atomic E-state index is 13.9. The number of hydrogen-bond acceptors (Lipinski definition) is 3. The van der Waals surface area contributed by atoms with Gasteiger partial charge in [-0.2, -0.15) is 0 Å². The Balaban J connectivity index is 1.78. The van der Waals surface area contributed by atoms with Gasteiger partial charge in [-0.25, -0.2) is 4.39 Å². The average Bonchev–Trinajstić information content (AvgIpc) is 3.03. The molecule has 1 heterocycles. The molecule has 1 N–H and O–H groups in total. The minimum absolute atomic E-state index is 0.0403. The third-order valence-corrected chi connectivity index (χ3v) is 4.41. The molecule has 21 heavy (non-hydrogen) atoms. The highest BCUT2D eigenvalue weighted by Crippen LogP contribution is 2.30. The molecule has 1 saturated heterocycles. The molecule has 4 nitrogen and oxygen atoms in total. The predicted octanol–water partition coefficient (Wildman–Crippen LogP) is 2.62. The van der Waals surface area contributed by atoms with Gasteiger partial charge in [-0.05, 0) is 31.4 Å². The van der Waals surface area contributed by atoms with Crippen LogP contribution in [0.15, 0.2) is 18.2 Å². The highest BCUT2D eigenvalue weighted by molar-refractivity contribution is 6.07. The molecular formula is C16H19FN2O2. The molecule has 1 aliphatic carbocycles. The second-order valence-electron chi connectivity index (χ2n) is 5.87. The van der Waals surface area contributed by atoms with Crippen LogP contribution in [0.1, 0.15) is 37.7 Å². The molecule has 1 aromatic rings. The number of carbonyl (C=O) groups excluding carboxylic acids is 2. The van der Waals surface area contributed by atoms with Gasteiger partial charge in [0, 0.05) is 6.04 Å². The number of nitrogens with zero attached hydrogens (tertiary/aromatic N) is 1. The van der Waals surface area contributed by atoms with E-state index in [-0.39, 0.29) is 24.3 Å². The Morgan fingerprint density at radius 3 is 2.62 bits per heavy atom. The molecule has 1 saturated carbocycles. The van der Waals surface area contributed by atoms with Crippen molar-refractivity contribution in [2.24, 2.45) is 0 Å². The normalized spacial score (nSPS) is 23.1. The lowest BCUT2D eigenvalue weighted by atomic mass is 10.1. The van der Waals surface area contributed by atoms with Crippen molar-refractivity contribution in [3.63, 3.8) is 0 Å². The second kappa shape index (κ2) is 5.47. The first kappa shape index (κ1) is 14.0. The fourth-order valence-electron chi connectivity index (χ4n) is 3.30. The molecule has 2 aliphatic rings. The van der Waals surface area contributed by atoms with Crippen LogP contribution in [0.4, 0.5) is 10.1 Å². The minimum atomic E-state index is -0.645. The van der Waals surface area contributed by atoms with Gasteiger partial charge in [0.25, 0.3) is 5.91 Å². The van der Waals surface area contributed by atoms with Crippen molar-refractivity contribution in [2.75, 3.05) is 5.32 Å². The summed E-state index contributed by atoms with van der Waals surface area (Å²) in [4.78, 5) is 26.0. The van der Waals surface area contributed by atoms with E-state index in [0.29, 0.717) is 5.69 Å². The van der Waals surface area contributed by atoms with E-state index in [1.54, 1.807) is 19.1 Å². The number of halogens is 1. The number of aryl methyl sites for hydroxylation is 1. The van der Waals surface area contributed by atoms with Crippen molar-refractivity contribution in [1.29, 1.82) is 0 Å². The lowest BCUT2D eigenvalue weighted by Gasteiger charge is -2.22. The quantitative estimate of drug-likeness (QED) is 0.871. The summed E-state index contributed by atoms with van der Waals surface area (Å²) in [6.45, 7) is 1.78. The minimum Gasteiger partial charge on any atom is -0.371 e. The van der Waals surface area contributed by atoms with Crippen LogP contribution in [0.2, 0.25) is 0 Å². The highest BCUT2D eigenvalue weighted by Gasteiger charge is 2.43. The SMILES string of the molecule is Cc1cccc(F)c1NC1CC(=O)N(C2CCCC2)C1=O. The van der Waals surface area contributed by atoms with Crippen molar-refractivity contribution in [2.45, 2.75) is 51.1 Å². The number of anilines is 1. The zero-order valence-electron chi connectivity index (χ0n) is 12.1. The second-order valence-corrected chi connectivity index (χ2v) is 5.87. The summed E-state index contributed by atoms with van der Waals surface area (Å²) < 4.78 is 13.9. The predicted molar refractivity (Wildman–Crippen MR) is 77.3 cm³/mol. The summed E-state index contributed by atoms with van der Waals surface area (Å²) in [7, 11) is 0. The maximum absolute atomic E-state index is 13.9. The number of amides is 2. The topological polar surface area (TPSA) is 49.4 Å². The lowest BCUT2D eigenvalue weighted by molar-refractivity contribution is -0.141. The third kappa shape index (κ3) is 2.52. The number of carbonyl (C=O) groups is 2. The highest BCUT2D eigenvalue weighted by atomic mass is 19.1. The number of benzene rings is 1. The summed E-state index contributed by atoms with van der Waals surface area (Å²) in [6, 6.07) is 4.15. The van der Waals surface area contributed by atoms with Crippen molar-refractivity contribution in [1.82, 2.24) is 4.90 Å². The number of para-hydroxylation sites is 1. The van der Waals surface area contributed by atoms with E-state index < -0.39 is 11.9 Å². The summed E-state index contributed by atoms with van der Waals surface area (Å²) in [5.41, 5.74) is 1.05. The summed E-state index contributed by atoms with van der Waals surface area (Å²) in [5.74, 6) is -0.748. The molecule has 1 aliphatic heterocycles. The maximum Gasteiger partial charge on any atom is 0.252 e. The van der Waals surface area contributed by atoms with Gasteiger partial charge in [0.2, 0.25) is 5.91 Å². The van der Waals surface area contributed by atoms with Crippen molar-refractivity contribution in [3.8, 4) is 0 Å². The Kier molecular flexibility index (Phi) is 3.66. The van der Waals surface area contributed by atoms with Crippen LogP contribution in [0, 0.1) is 12.7 Å². The largest absolute Gasteiger partial charge is 0.371 e. The van der Waals surface area contributed by atoms with Gasteiger partial charge in [0.05, 0.1) is 12.1 Å². The van der Waals surface area contributed by atoms with E-state index >= 15 is 0 Å². The van der Waals surface area contributed by atoms with E-state index in [9.17, 15) is 14.0 Å². The molecule has 1 atom stereocenters. The van der Waals surface area contributed by atoms with Gasteiger partial charge >= 0.3 is 0 Å². The van der Waals surface area contributed by atoms with Gasteiger partial charge in [-0.15, -0.1) is 0 Å². The molecule has 1 aromatic carbocycles. The zero-order chi connectivity index (χ0) is 15.0. The van der Waals surface area contributed by atoms with E-state index in [1.807, 2.05) is 0 Å². The standard InChI is InChI=1S/C16H19FN2O2/c1-10-5-4-8-12(17)15(10)18-13-9-14(20)19(16(13)21)11-6-2-3-7-11/h4-5,8,11,13,18H,2-3,6-7,9H2,1H3. The molecule has 2 fully saturated rings. The Labute approximate surface area is 123 Å². The van der Waals surface area contributed by atoms with Crippen molar-refractivity contribution in [3.05, 3.63) is 29.6 Å². The third-order valence-electron chi connectivity index (χ3n) is 4.41. The van der Waals surface area contributed by atoms with Gasteiger partial charge < -0.3 is 5.32 Å². The average molecular weight is 290 g/mol. The van der Waals surface area contributed by atoms with Crippen molar-refractivity contribution < 1.29 is 14.0 Å². The Morgan fingerprint density at radius 2 is 1.95 bits per heavy atom. The van der Waals surface area contributed by atoms with E-state index in [2.05, 4.69) is 5.32 Å². The smallest absolute Gasteiger partial charge is 0.252 e. The zero-order valence-corrected chi connectivity index (χ0v) is 12.1. The summed E-state index contributed by atoms with van der Waals surface area (Å²) >= 11 is 0. The Bertz CT molecular complexity index is 561. The fraction of sp³-hybridized carbons (Fsp3) is 0.500. The van der Waals surface area contributed by atoms with Gasteiger partial charge in [0.1, 0.15) is 11.9 Å². The van der Waals surface area contributed by atoms with Gasteiger partial charge in [-0.3, -0.25) is 14.5 Å². The Morgan fingerprint density at radius 1 is 1.24 bits per heavy atom. The first-order chi connectivity index (χ1) is 10.1. The van der Waals surface area contributed by atoms with E-state index in [4.69, 9.17) is 0 Å². The number of nitrogens with one attached hydrogen (secondary N) is 1. The van der Waals surface area contributed by atoms with Crippen molar-refractivity contribution >= 4 is 17.5 Å². The Hall–Kier alpha value is -1.91. The molecule has 5 heteroatoms. The molecule has 3 rings (SSSR count). The van der Waals surface area contributed by atoms with Crippen LogP contribution in [-0.4, -0.2) is 28.8 Å². The van der Waals surface area contributed by atoms with Gasteiger partial charge in [0.15, 0.2) is 0 Å². The van der Waals surface area contributed by atoms with Crippen LogP contribution >= 0.6 is 0 Å². The molecule has 112 valence electrons. The fourth-order valence-corrected chi connectivity index (χ4v) is 3.30. The van der Waals surface area contributed by atoms with E-state index in [0.717, 1.165) is 31.2 Å². The number of imide groups is 1. The lowest BCUT2D eigenvalue weighted by Crippen LogP contribution is -2.41. The van der Waals surface area contributed by atoms with E-state index in [1.165, 1.54) is 11.0 Å². The van der Waals surface area contributed by atoms with Crippen LogP contribution < -0.4 is 5.32 Å². The van der Waals surface area contributed by atoms with Gasteiger partial charge in [-0.1, -0.05) is 25.0 Å². The first-order valence-corrected chi connectivity index (χ1v) is 7.45. The number of hydrogen-bond donors (Lipinski definition) is 1. The molecule has 0 spiro atoms. The molecular weight excluding hydrogens is 271 g/mol. The summed E-state index contributed by atoms with van der Waals surface area (Å²) in [6.07, 6.45) is 4.02. The molecule has 0 radical (unpaired) electrons. The molecule has 2 amide bonds. The number of rotatable bonds is 3. The first-order valence-electron chi connectivity index (χ1n) is 7.45. The van der Waals surface area contributed by atoms with Crippen LogP contribution in [0.3, 0.4) is 0 Å².